The highest BCUT2D eigenvalue weighted by Crippen LogP contribution is 2.17. The van der Waals surface area contributed by atoms with Gasteiger partial charge in [0.15, 0.2) is 0 Å². The molecule has 0 saturated heterocycles. The van der Waals surface area contributed by atoms with E-state index in [9.17, 15) is 9.18 Å². The summed E-state index contributed by atoms with van der Waals surface area (Å²) in [6.45, 7) is 0. The zero-order valence-electron chi connectivity index (χ0n) is 10.2. The molecule has 0 heterocycles. The minimum absolute atomic E-state index is 0.334. The Labute approximate surface area is 129 Å². The summed E-state index contributed by atoms with van der Waals surface area (Å²) in [4.78, 5) is 11.7. The maximum absolute atomic E-state index is 13.5. The predicted molar refractivity (Wildman–Crippen MR) is 83.2 cm³/mol. The average molecular weight is 355 g/mol. The van der Waals surface area contributed by atoms with E-state index in [2.05, 4.69) is 21.2 Å². The molecule has 0 bridgehead atoms. The van der Waals surface area contributed by atoms with Crippen LogP contribution in [-0.2, 0) is 4.79 Å². The standard InChI is InChI=1S/C15H10BrClFNO/c16-11-5-6-14(18)10(8-11)4-7-15(20)19-13-3-1-2-12(17)9-13/h1-9H,(H,19,20)/b7-4+. The minimum atomic E-state index is -0.389. The van der Waals surface area contributed by atoms with Gasteiger partial charge in [0.2, 0.25) is 5.91 Å². The molecule has 2 nitrogen and oxygen atoms in total. The van der Waals surface area contributed by atoms with Crippen molar-refractivity contribution >= 4 is 45.2 Å². The number of hydrogen-bond donors (Lipinski definition) is 1. The van der Waals surface area contributed by atoms with E-state index in [0.29, 0.717) is 16.3 Å². The number of nitrogens with one attached hydrogen (secondary N) is 1. The normalized spacial score (nSPS) is 10.8. The van der Waals surface area contributed by atoms with Crippen LogP contribution in [0.1, 0.15) is 5.56 Å². The summed E-state index contributed by atoms with van der Waals surface area (Å²) in [7, 11) is 0. The number of rotatable bonds is 3. The maximum atomic E-state index is 13.5. The lowest BCUT2D eigenvalue weighted by Crippen LogP contribution is -2.07. The van der Waals surface area contributed by atoms with Gasteiger partial charge in [0, 0.05) is 26.8 Å². The first-order chi connectivity index (χ1) is 9.54. The molecule has 0 aliphatic carbocycles. The molecule has 0 aromatic heterocycles. The van der Waals surface area contributed by atoms with Gasteiger partial charge in [0.1, 0.15) is 5.82 Å². The third-order valence-electron chi connectivity index (χ3n) is 2.46. The van der Waals surface area contributed by atoms with Gasteiger partial charge in [0.25, 0.3) is 0 Å². The van der Waals surface area contributed by atoms with E-state index in [1.54, 1.807) is 36.4 Å². The fraction of sp³-hybridized carbons (Fsp3) is 0. The van der Waals surface area contributed by atoms with Crippen LogP contribution < -0.4 is 5.32 Å². The van der Waals surface area contributed by atoms with Gasteiger partial charge in [-0.05, 0) is 42.5 Å². The van der Waals surface area contributed by atoms with E-state index in [1.807, 2.05) is 0 Å². The monoisotopic (exact) mass is 353 g/mol. The van der Waals surface area contributed by atoms with Gasteiger partial charge in [-0.15, -0.1) is 0 Å². The SMILES string of the molecule is O=C(/C=C/c1cc(Br)ccc1F)Nc1cccc(Cl)c1. The molecule has 20 heavy (non-hydrogen) atoms. The van der Waals surface area contributed by atoms with Crippen molar-refractivity contribution in [2.45, 2.75) is 0 Å². The first-order valence-corrected chi connectivity index (χ1v) is 6.91. The van der Waals surface area contributed by atoms with E-state index < -0.39 is 0 Å². The van der Waals surface area contributed by atoms with Crippen molar-refractivity contribution in [3.05, 3.63) is 69.4 Å². The first kappa shape index (κ1) is 14.8. The summed E-state index contributed by atoms with van der Waals surface area (Å²) in [6.07, 6.45) is 2.69. The van der Waals surface area contributed by atoms with Gasteiger partial charge in [-0.2, -0.15) is 0 Å². The predicted octanol–water partition coefficient (Wildman–Crippen LogP) is 4.89. The van der Waals surface area contributed by atoms with Crippen molar-refractivity contribution in [2.24, 2.45) is 0 Å². The maximum Gasteiger partial charge on any atom is 0.248 e. The highest BCUT2D eigenvalue weighted by molar-refractivity contribution is 9.10. The van der Waals surface area contributed by atoms with Crippen LogP contribution in [0, 0.1) is 5.82 Å². The molecule has 0 radical (unpaired) electrons. The summed E-state index contributed by atoms with van der Waals surface area (Å²) in [5, 5.41) is 3.17. The zero-order chi connectivity index (χ0) is 14.5. The highest BCUT2D eigenvalue weighted by atomic mass is 79.9. The second kappa shape index (κ2) is 6.68. The van der Waals surface area contributed by atoms with Crippen LogP contribution in [0.3, 0.4) is 0 Å². The molecule has 0 saturated carbocycles. The fourth-order valence-corrected chi connectivity index (χ4v) is 2.13. The molecule has 0 aliphatic heterocycles. The minimum Gasteiger partial charge on any atom is -0.322 e. The third kappa shape index (κ3) is 4.18. The Kier molecular flexibility index (Phi) is 4.93. The Morgan fingerprint density at radius 2 is 2.05 bits per heavy atom. The molecular formula is C15H10BrClFNO. The number of anilines is 1. The second-order valence-corrected chi connectivity index (χ2v) is 5.35. The Balaban J connectivity index is 2.07. The molecule has 0 atom stereocenters. The van der Waals surface area contributed by atoms with Crippen molar-refractivity contribution in [1.82, 2.24) is 0 Å². The molecule has 0 spiro atoms. The number of amides is 1. The number of carbonyl (C=O) groups is 1. The van der Waals surface area contributed by atoms with Gasteiger partial charge < -0.3 is 5.32 Å². The highest BCUT2D eigenvalue weighted by Gasteiger charge is 2.01. The first-order valence-electron chi connectivity index (χ1n) is 5.74. The van der Waals surface area contributed by atoms with Crippen molar-refractivity contribution in [3.63, 3.8) is 0 Å². The number of benzene rings is 2. The van der Waals surface area contributed by atoms with Crippen molar-refractivity contribution in [1.29, 1.82) is 0 Å². The van der Waals surface area contributed by atoms with Crippen LogP contribution in [0.2, 0.25) is 5.02 Å². The molecule has 0 aliphatic rings. The second-order valence-electron chi connectivity index (χ2n) is 4.00. The smallest absolute Gasteiger partial charge is 0.248 e. The molecule has 1 N–H and O–H groups in total. The van der Waals surface area contributed by atoms with Crippen molar-refractivity contribution in [2.75, 3.05) is 5.32 Å². The number of carbonyl (C=O) groups excluding carboxylic acids is 1. The van der Waals surface area contributed by atoms with Crippen LogP contribution in [0.4, 0.5) is 10.1 Å². The average Bonchev–Trinajstić information content (AvgIpc) is 2.40. The van der Waals surface area contributed by atoms with E-state index >= 15 is 0 Å². The van der Waals surface area contributed by atoms with Crippen molar-refractivity contribution < 1.29 is 9.18 Å². The van der Waals surface area contributed by atoms with Gasteiger partial charge >= 0.3 is 0 Å². The van der Waals surface area contributed by atoms with E-state index in [4.69, 9.17) is 11.6 Å². The molecule has 0 unspecified atom stereocenters. The van der Waals surface area contributed by atoms with E-state index in [0.717, 1.165) is 4.47 Å². The van der Waals surface area contributed by atoms with E-state index in [-0.39, 0.29) is 11.7 Å². The van der Waals surface area contributed by atoms with Gasteiger partial charge in [0.05, 0.1) is 0 Å². The Morgan fingerprint density at radius 1 is 1.25 bits per heavy atom. The van der Waals surface area contributed by atoms with Gasteiger partial charge in [-0.25, -0.2) is 4.39 Å². The Morgan fingerprint density at radius 3 is 2.80 bits per heavy atom. The summed E-state index contributed by atoms with van der Waals surface area (Å²) in [5.41, 5.74) is 0.919. The van der Waals surface area contributed by atoms with Crippen LogP contribution in [0.5, 0.6) is 0 Å². The molecule has 2 aromatic carbocycles. The summed E-state index contributed by atoms with van der Waals surface area (Å²) in [5.74, 6) is -0.744. The van der Waals surface area contributed by atoms with Gasteiger partial charge in [-0.1, -0.05) is 33.6 Å². The lowest BCUT2D eigenvalue weighted by molar-refractivity contribution is -0.111. The van der Waals surface area contributed by atoms with E-state index in [1.165, 1.54) is 18.2 Å². The molecule has 2 rings (SSSR count). The van der Waals surface area contributed by atoms with Crippen LogP contribution >= 0.6 is 27.5 Å². The van der Waals surface area contributed by atoms with Crippen LogP contribution in [0.25, 0.3) is 6.08 Å². The Hall–Kier alpha value is -1.65. The molecule has 2 aromatic rings. The molecule has 0 fully saturated rings. The lowest BCUT2D eigenvalue weighted by Gasteiger charge is -2.02. The topological polar surface area (TPSA) is 29.1 Å². The molecule has 5 heteroatoms. The third-order valence-corrected chi connectivity index (χ3v) is 3.19. The summed E-state index contributed by atoms with van der Waals surface area (Å²) >= 11 is 9.06. The van der Waals surface area contributed by atoms with Gasteiger partial charge in [-0.3, -0.25) is 4.79 Å². The largest absolute Gasteiger partial charge is 0.322 e. The summed E-state index contributed by atoms with van der Waals surface area (Å²) in [6, 6.07) is 11.3. The Bertz CT molecular complexity index is 673. The molecule has 1 amide bonds. The van der Waals surface area contributed by atoms with Crippen molar-refractivity contribution in [3.8, 4) is 0 Å². The fourth-order valence-electron chi connectivity index (χ4n) is 1.56. The van der Waals surface area contributed by atoms with Crippen LogP contribution in [-0.4, -0.2) is 5.91 Å². The number of halogens is 3. The molecular weight excluding hydrogens is 345 g/mol. The lowest BCUT2D eigenvalue weighted by atomic mass is 10.2. The zero-order valence-corrected chi connectivity index (χ0v) is 12.6. The number of hydrogen-bond acceptors (Lipinski definition) is 1. The molecule has 102 valence electrons. The summed E-state index contributed by atoms with van der Waals surface area (Å²) < 4.78 is 14.2. The quantitative estimate of drug-likeness (QED) is 0.781. The van der Waals surface area contributed by atoms with Crippen LogP contribution in [0.15, 0.2) is 53.0 Å².